The van der Waals surface area contributed by atoms with E-state index in [0.29, 0.717) is 21.2 Å². The summed E-state index contributed by atoms with van der Waals surface area (Å²) in [6, 6.07) is 5.90. The summed E-state index contributed by atoms with van der Waals surface area (Å²) in [5, 5.41) is 2.18. The van der Waals surface area contributed by atoms with Crippen molar-refractivity contribution in [1.29, 1.82) is 0 Å². The summed E-state index contributed by atoms with van der Waals surface area (Å²) < 4.78 is 18.6. The van der Waals surface area contributed by atoms with Gasteiger partial charge < -0.3 is 4.74 Å². The number of Topliss-reactive ketones (excluding diaryl/α,β-unsaturated/α-hetero) is 1. The van der Waals surface area contributed by atoms with E-state index < -0.39 is 5.82 Å². The molecule has 0 aliphatic heterocycles. The van der Waals surface area contributed by atoms with Crippen LogP contribution in [0.3, 0.4) is 0 Å². The molecule has 1 heterocycles. The monoisotopic (exact) mass is 284 g/mol. The van der Waals surface area contributed by atoms with Crippen LogP contribution in [0.15, 0.2) is 29.6 Å². The molecule has 1 aromatic heterocycles. The number of rotatable bonds is 4. The Kier molecular flexibility index (Phi) is 3.99. The summed E-state index contributed by atoms with van der Waals surface area (Å²) in [6.07, 6.45) is -0.0245. The van der Waals surface area contributed by atoms with Crippen LogP contribution in [-0.4, -0.2) is 12.9 Å². The van der Waals surface area contributed by atoms with E-state index in [-0.39, 0.29) is 12.2 Å². The first-order chi connectivity index (χ1) is 8.61. The van der Waals surface area contributed by atoms with Crippen LogP contribution in [0.25, 0.3) is 0 Å². The van der Waals surface area contributed by atoms with Crippen LogP contribution in [-0.2, 0) is 6.42 Å². The van der Waals surface area contributed by atoms with Crippen molar-refractivity contribution in [3.05, 3.63) is 50.9 Å². The fourth-order valence-electron chi connectivity index (χ4n) is 1.59. The number of benzene rings is 1. The third-order valence-corrected chi connectivity index (χ3v) is 3.63. The van der Waals surface area contributed by atoms with Gasteiger partial charge in [-0.05, 0) is 35.2 Å². The second kappa shape index (κ2) is 5.50. The quantitative estimate of drug-likeness (QED) is 0.794. The number of ketones is 1. The highest BCUT2D eigenvalue weighted by Crippen LogP contribution is 2.26. The van der Waals surface area contributed by atoms with Gasteiger partial charge in [0.25, 0.3) is 0 Å². The first kappa shape index (κ1) is 13.1. The van der Waals surface area contributed by atoms with Gasteiger partial charge in [0.05, 0.1) is 7.11 Å². The Hall–Kier alpha value is -1.39. The average molecular weight is 285 g/mol. The molecule has 94 valence electrons. The van der Waals surface area contributed by atoms with E-state index in [2.05, 4.69) is 0 Å². The maximum Gasteiger partial charge on any atom is 0.181 e. The molecule has 0 radical (unpaired) electrons. The van der Waals surface area contributed by atoms with E-state index in [0.717, 1.165) is 0 Å². The molecule has 0 bridgehead atoms. The van der Waals surface area contributed by atoms with Gasteiger partial charge in [-0.2, -0.15) is 0 Å². The minimum atomic E-state index is -0.428. The number of carbonyl (C=O) groups excluding carboxylic acids is 1. The van der Waals surface area contributed by atoms with E-state index in [4.69, 9.17) is 16.3 Å². The van der Waals surface area contributed by atoms with Crippen molar-refractivity contribution >= 4 is 28.7 Å². The van der Waals surface area contributed by atoms with Crippen LogP contribution in [0, 0.1) is 5.82 Å². The number of ether oxygens (including phenoxy) is 1. The van der Waals surface area contributed by atoms with Crippen molar-refractivity contribution in [2.75, 3.05) is 7.11 Å². The zero-order chi connectivity index (χ0) is 13.1. The third-order valence-electron chi connectivity index (χ3n) is 2.46. The number of carbonyl (C=O) groups is 1. The first-order valence-electron chi connectivity index (χ1n) is 5.20. The van der Waals surface area contributed by atoms with Gasteiger partial charge in [-0.15, -0.1) is 11.3 Å². The van der Waals surface area contributed by atoms with Gasteiger partial charge in [-0.25, -0.2) is 4.39 Å². The van der Waals surface area contributed by atoms with Crippen LogP contribution in [0.4, 0.5) is 4.39 Å². The van der Waals surface area contributed by atoms with E-state index in [1.165, 1.54) is 36.6 Å². The lowest BCUT2D eigenvalue weighted by molar-refractivity contribution is 0.0993. The van der Waals surface area contributed by atoms with E-state index in [1.807, 2.05) is 0 Å². The Morgan fingerprint density at radius 3 is 2.94 bits per heavy atom. The lowest BCUT2D eigenvalue weighted by atomic mass is 10.1. The molecule has 2 rings (SSSR count). The molecule has 18 heavy (non-hydrogen) atoms. The fourth-order valence-corrected chi connectivity index (χ4v) is 2.59. The smallest absolute Gasteiger partial charge is 0.181 e. The Labute approximate surface area is 113 Å². The number of halogens is 2. The molecule has 1 aromatic carbocycles. The number of thiophene rings is 1. The maximum atomic E-state index is 13.5. The zero-order valence-electron chi connectivity index (χ0n) is 9.57. The molecule has 0 atom stereocenters. The molecular weight excluding hydrogens is 275 g/mol. The standard InChI is InChI=1S/C13H10ClFO2S/c1-17-12-4-5-18-13(12)11(16)7-8-6-9(14)2-3-10(8)15/h2-6H,7H2,1H3. The predicted molar refractivity (Wildman–Crippen MR) is 70.3 cm³/mol. The SMILES string of the molecule is COc1ccsc1C(=O)Cc1cc(Cl)ccc1F. The van der Waals surface area contributed by atoms with Crippen LogP contribution in [0.1, 0.15) is 15.2 Å². The molecule has 0 unspecified atom stereocenters. The van der Waals surface area contributed by atoms with Gasteiger partial charge in [0.1, 0.15) is 16.4 Å². The Balaban J connectivity index is 2.24. The van der Waals surface area contributed by atoms with Crippen LogP contribution in [0.5, 0.6) is 5.75 Å². The second-order valence-electron chi connectivity index (χ2n) is 3.65. The number of hydrogen-bond acceptors (Lipinski definition) is 3. The highest BCUT2D eigenvalue weighted by molar-refractivity contribution is 7.12. The predicted octanol–water partition coefficient (Wildman–Crippen LogP) is 3.97. The minimum Gasteiger partial charge on any atom is -0.495 e. The lowest BCUT2D eigenvalue weighted by Crippen LogP contribution is -2.04. The number of hydrogen-bond donors (Lipinski definition) is 0. The molecule has 2 nitrogen and oxygen atoms in total. The van der Waals surface area contributed by atoms with E-state index >= 15 is 0 Å². The Bertz CT molecular complexity index is 580. The molecule has 0 spiro atoms. The minimum absolute atomic E-state index is 0.0245. The van der Waals surface area contributed by atoms with Crippen molar-refractivity contribution in [2.24, 2.45) is 0 Å². The highest BCUT2D eigenvalue weighted by atomic mass is 35.5. The van der Waals surface area contributed by atoms with Crippen molar-refractivity contribution < 1.29 is 13.9 Å². The van der Waals surface area contributed by atoms with Crippen LogP contribution in [0.2, 0.25) is 5.02 Å². The van der Waals surface area contributed by atoms with Crippen LogP contribution < -0.4 is 4.74 Å². The zero-order valence-corrected chi connectivity index (χ0v) is 11.1. The molecule has 0 fully saturated rings. The van der Waals surface area contributed by atoms with Crippen LogP contribution >= 0.6 is 22.9 Å². The summed E-state index contributed by atoms with van der Waals surface area (Å²) in [6.45, 7) is 0. The molecule has 5 heteroatoms. The average Bonchev–Trinajstić information content (AvgIpc) is 2.82. The summed E-state index contributed by atoms with van der Waals surface area (Å²) in [5.41, 5.74) is 0.294. The molecule has 0 N–H and O–H groups in total. The van der Waals surface area contributed by atoms with Gasteiger partial charge in [0.15, 0.2) is 5.78 Å². The molecule has 0 saturated carbocycles. The molecule has 2 aromatic rings. The molecule has 0 saturated heterocycles. The van der Waals surface area contributed by atoms with E-state index in [9.17, 15) is 9.18 Å². The van der Waals surface area contributed by atoms with Gasteiger partial charge >= 0.3 is 0 Å². The van der Waals surface area contributed by atoms with Gasteiger partial charge in [0, 0.05) is 11.4 Å². The van der Waals surface area contributed by atoms with E-state index in [1.54, 1.807) is 11.4 Å². The summed E-state index contributed by atoms with van der Waals surface area (Å²) in [7, 11) is 1.50. The first-order valence-corrected chi connectivity index (χ1v) is 6.46. The molecule has 0 aliphatic rings. The van der Waals surface area contributed by atoms with Gasteiger partial charge in [-0.3, -0.25) is 4.79 Å². The van der Waals surface area contributed by atoms with Crippen molar-refractivity contribution in [3.8, 4) is 5.75 Å². The largest absolute Gasteiger partial charge is 0.495 e. The molecular formula is C13H10ClFO2S. The fraction of sp³-hybridized carbons (Fsp3) is 0.154. The van der Waals surface area contributed by atoms with Crippen molar-refractivity contribution in [1.82, 2.24) is 0 Å². The summed E-state index contributed by atoms with van der Waals surface area (Å²) in [4.78, 5) is 12.5. The topological polar surface area (TPSA) is 26.3 Å². The lowest BCUT2D eigenvalue weighted by Gasteiger charge is -2.04. The Morgan fingerprint density at radius 1 is 1.44 bits per heavy atom. The second-order valence-corrected chi connectivity index (χ2v) is 5.01. The van der Waals surface area contributed by atoms with Crippen molar-refractivity contribution in [3.63, 3.8) is 0 Å². The summed E-state index contributed by atoms with van der Waals surface area (Å²) >= 11 is 7.07. The highest BCUT2D eigenvalue weighted by Gasteiger charge is 2.16. The molecule has 0 aliphatic carbocycles. The van der Waals surface area contributed by atoms with Crippen molar-refractivity contribution in [2.45, 2.75) is 6.42 Å². The normalized spacial score (nSPS) is 10.4. The Morgan fingerprint density at radius 2 is 2.22 bits per heavy atom. The maximum absolute atomic E-state index is 13.5. The van der Waals surface area contributed by atoms with Gasteiger partial charge in [0.2, 0.25) is 0 Å². The molecule has 0 amide bonds. The number of methoxy groups -OCH3 is 1. The third kappa shape index (κ3) is 2.71. The summed E-state index contributed by atoms with van der Waals surface area (Å²) in [5.74, 6) is -0.0845. The van der Waals surface area contributed by atoms with Gasteiger partial charge in [-0.1, -0.05) is 11.6 Å².